The molecular formula is C23H21FN2O6. The molecule has 1 aromatic heterocycles. The lowest BCUT2D eigenvalue weighted by molar-refractivity contribution is -0.145. The molecule has 4 rings (SSSR count). The second-order valence-corrected chi connectivity index (χ2v) is 7.18. The standard InChI is InChI=1S/C23H21FN2O6/c1-29-20-10-15-17(11-21(20)30-2)25-7-6-18(15)32-19-5-4-14(9-16(19)24)26-12-13(8-22(26)27)23(28)31-3/h4-7,9-11,13H,8,12H2,1-3H3/t13-/m1/s1. The van der Waals surface area contributed by atoms with Crippen LogP contribution in [0.5, 0.6) is 23.0 Å². The van der Waals surface area contributed by atoms with Crippen LogP contribution in [0.25, 0.3) is 10.9 Å². The Kier molecular flexibility index (Phi) is 5.81. The molecule has 1 fully saturated rings. The first-order valence-corrected chi connectivity index (χ1v) is 9.81. The number of nitrogens with zero attached hydrogens (tertiary/aromatic N) is 2. The number of methoxy groups -OCH3 is 3. The van der Waals surface area contributed by atoms with E-state index in [0.717, 1.165) is 0 Å². The number of rotatable bonds is 6. The zero-order chi connectivity index (χ0) is 22.8. The van der Waals surface area contributed by atoms with E-state index in [2.05, 4.69) is 4.98 Å². The van der Waals surface area contributed by atoms with Crippen LogP contribution in [0.3, 0.4) is 0 Å². The van der Waals surface area contributed by atoms with E-state index in [-0.39, 0.29) is 24.6 Å². The molecular weight excluding hydrogens is 419 g/mol. The Morgan fingerprint density at radius 2 is 1.78 bits per heavy atom. The summed E-state index contributed by atoms with van der Waals surface area (Å²) >= 11 is 0. The summed E-state index contributed by atoms with van der Waals surface area (Å²) in [4.78, 5) is 29.7. The Morgan fingerprint density at radius 1 is 1.03 bits per heavy atom. The molecule has 0 aliphatic carbocycles. The van der Waals surface area contributed by atoms with Gasteiger partial charge in [0.25, 0.3) is 0 Å². The fourth-order valence-corrected chi connectivity index (χ4v) is 3.68. The minimum atomic E-state index is -0.651. The summed E-state index contributed by atoms with van der Waals surface area (Å²) in [7, 11) is 4.32. The average molecular weight is 440 g/mol. The van der Waals surface area contributed by atoms with Crippen molar-refractivity contribution < 1.29 is 32.9 Å². The maximum absolute atomic E-state index is 14.9. The number of fused-ring (bicyclic) bond motifs is 1. The number of benzene rings is 2. The van der Waals surface area contributed by atoms with Gasteiger partial charge in [-0.05, 0) is 24.3 Å². The summed E-state index contributed by atoms with van der Waals surface area (Å²) in [6.45, 7) is 0.141. The van der Waals surface area contributed by atoms with Crippen molar-refractivity contribution in [2.75, 3.05) is 32.8 Å². The van der Waals surface area contributed by atoms with E-state index in [1.165, 1.54) is 38.4 Å². The summed E-state index contributed by atoms with van der Waals surface area (Å²) in [5.74, 6) is -0.587. The van der Waals surface area contributed by atoms with E-state index in [4.69, 9.17) is 18.9 Å². The highest BCUT2D eigenvalue weighted by Crippen LogP contribution is 2.38. The first-order valence-electron chi connectivity index (χ1n) is 9.81. The van der Waals surface area contributed by atoms with Gasteiger partial charge in [-0.3, -0.25) is 14.6 Å². The Bertz CT molecular complexity index is 1200. The number of pyridine rings is 1. The third kappa shape index (κ3) is 3.89. The Labute approximate surface area is 183 Å². The van der Waals surface area contributed by atoms with Crippen LogP contribution in [0.15, 0.2) is 42.6 Å². The molecule has 166 valence electrons. The van der Waals surface area contributed by atoms with E-state index < -0.39 is 17.7 Å². The van der Waals surface area contributed by atoms with E-state index >= 15 is 0 Å². The fraction of sp³-hybridized carbons (Fsp3) is 0.261. The molecule has 2 aromatic carbocycles. The number of hydrogen-bond acceptors (Lipinski definition) is 7. The number of hydrogen-bond donors (Lipinski definition) is 0. The van der Waals surface area contributed by atoms with Crippen molar-refractivity contribution in [2.45, 2.75) is 6.42 Å². The lowest BCUT2D eigenvalue weighted by Gasteiger charge is -2.18. The van der Waals surface area contributed by atoms with E-state index in [9.17, 15) is 14.0 Å². The highest BCUT2D eigenvalue weighted by Gasteiger charge is 2.36. The molecule has 0 spiro atoms. The first-order chi connectivity index (χ1) is 15.4. The molecule has 0 radical (unpaired) electrons. The Morgan fingerprint density at radius 3 is 2.47 bits per heavy atom. The van der Waals surface area contributed by atoms with Gasteiger partial charge in [0.15, 0.2) is 23.1 Å². The smallest absolute Gasteiger partial charge is 0.311 e. The zero-order valence-corrected chi connectivity index (χ0v) is 17.8. The van der Waals surface area contributed by atoms with E-state index in [1.54, 1.807) is 30.5 Å². The maximum atomic E-state index is 14.9. The molecule has 1 saturated heterocycles. The van der Waals surface area contributed by atoms with E-state index in [1.807, 2.05) is 0 Å². The number of esters is 1. The van der Waals surface area contributed by atoms with Gasteiger partial charge < -0.3 is 23.8 Å². The van der Waals surface area contributed by atoms with Gasteiger partial charge in [-0.2, -0.15) is 0 Å². The van der Waals surface area contributed by atoms with Crippen molar-refractivity contribution in [1.29, 1.82) is 0 Å². The van der Waals surface area contributed by atoms with Crippen molar-refractivity contribution in [3.05, 3.63) is 48.4 Å². The second kappa shape index (κ2) is 8.70. The number of amides is 1. The molecule has 0 bridgehead atoms. The van der Waals surface area contributed by atoms with Gasteiger partial charge in [0.2, 0.25) is 5.91 Å². The monoisotopic (exact) mass is 440 g/mol. The van der Waals surface area contributed by atoms with Gasteiger partial charge in [-0.1, -0.05) is 0 Å². The lowest BCUT2D eigenvalue weighted by Crippen LogP contribution is -2.26. The minimum Gasteiger partial charge on any atom is -0.493 e. The van der Waals surface area contributed by atoms with Gasteiger partial charge in [0.1, 0.15) is 5.75 Å². The van der Waals surface area contributed by atoms with Crippen LogP contribution in [-0.2, 0) is 14.3 Å². The number of carbonyl (C=O) groups excluding carboxylic acids is 2. The quantitative estimate of drug-likeness (QED) is 0.540. The van der Waals surface area contributed by atoms with Crippen molar-refractivity contribution in [3.63, 3.8) is 0 Å². The molecule has 2 heterocycles. The summed E-state index contributed by atoms with van der Waals surface area (Å²) in [6.07, 6.45) is 1.58. The summed E-state index contributed by atoms with van der Waals surface area (Å²) in [5.41, 5.74) is 0.936. The van der Waals surface area contributed by atoms with Gasteiger partial charge in [0.05, 0.1) is 32.8 Å². The number of anilines is 1. The van der Waals surface area contributed by atoms with E-state index in [0.29, 0.717) is 33.8 Å². The van der Waals surface area contributed by atoms with Crippen LogP contribution in [0.4, 0.5) is 10.1 Å². The molecule has 0 saturated carbocycles. The first kappa shape index (κ1) is 21.4. The van der Waals surface area contributed by atoms with Crippen LogP contribution in [0.2, 0.25) is 0 Å². The number of halogens is 1. The van der Waals surface area contributed by atoms with Crippen LogP contribution in [0.1, 0.15) is 6.42 Å². The van der Waals surface area contributed by atoms with Crippen LogP contribution >= 0.6 is 0 Å². The van der Waals surface area contributed by atoms with Gasteiger partial charge in [-0.15, -0.1) is 0 Å². The highest BCUT2D eigenvalue weighted by atomic mass is 19.1. The summed E-state index contributed by atoms with van der Waals surface area (Å²) in [5, 5.41) is 0.615. The fourth-order valence-electron chi connectivity index (χ4n) is 3.68. The third-order valence-electron chi connectivity index (χ3n) is 5.31. The maximum Gasteiger partial charge on any atom is 0.311 e. The molecule has 1 aliphatic rings. The molecule has 1 aliphatic heterocycles. The average Bonchev–Trinajstić information content (AvgIpc) is 3.20. The Hall–Kier alpha value is -3.88. The topological polar surface area (TPSA) is 87.2 Å². The number of carbonyl (C=O) groups is 2. The predicted octanol–water partition coefficient (Wildman–Crippen LogP) is 3.71. The normalized spacial score (nSPS) is 15.7. The number of aromatic nitrogens is 1. The summed E-state index contributed by atoms with van der Waals surface area (Å²) in [6, 6.07) is 9.25. The largest absolute Gasteiger partial charge is 0.493 e. The lowest BCUT2D eigenvalue weighted by atomic mass is 10.1. The highest BCUT2D eigenvalue weighted by molar-refractivity contribution is 5.99. The molecule has 1 atom stereocenters. The van der Waals surface area contributed by atoms with Crippen molar-refractivity contribution in [1.82, 2.24) is 4.98 Å². The van der Waals surface area contributed by atoms with Gasteiger partial charge in [0, 0.05) is 42.4 Å². The van der Waals surface area contributed by atoms with Crippen LogP contribution in [0, 0.1) is 11.7 Å². The SMILES string of the molecule is COC(=O)[C@@H]1CC(=O)N(c2ccc(Oc3ccnc4cc(OC)c(OC)cc34)c(F)c2)C1. The van der Waals surface area contributed by atoms with Crippen molar-refractivity contribution >= 4 is 28.5 Å². The zero-order valence-electron chi connectivity index (χ0n) is 17.8. The molecule has 9 heteroatoms. The third-order valence-corrected chi connectivity index (χ3v) is 5.31. The van der Waals surface area contributed by atoms with Crippen molar-refractivity contribution in [2.24, 2.45) is 5.92 Å². The minimum absolute atomic E-state index is 0.0211. The van der Waals surface area contributed by atoms with Gasteiger partial charge in [-0.25, -0.2) is 4.39 Å². The molecule has 0 unspecified atom stereocenters. The van der Waals surface area contributed by atoms with Crippen LogP contribution in [-0.4, -0.2) is 44.7 Å². The van der Waals surface area contributed by atoms with Crippen molar-refractivity contribution in [3.8, 4) is 23.0 Å². The molecule has 1 amide bonds. The second-order valence-electron chi connectivity index (χ2n) is 7.18. The van der Waals surface area contributed by atoms with Crippen LogP contribution < -0.4 is 19.1 Å². The predicted molar refractivity (Wildman–Crippen MR) is 114 cm³/mol. The molecule has 8 nitrogen and oxygen atoms in total. The Balaban J connectivity index is 1.62. The summed E-state index contributed by atoms with van der Waals surface area (Å²) < 4.78 is 36.1. The molecule has 0 N–H and O–H groups in total. The molecule has 32 heavy (non-hydrogen) atoms. The molecule has 3 aromatic rings. The van der Waals surface area contributed by atoms with Gasteiger partial charge >= 0.3 is 5.97 Å². The number of ether oxygens (including phenoxy) is 4.